The van der Waals surface area contributed by atoms with Crippen molar-refractivity contribution in [3.63, 3.8) is 0 Å². The van der Waals surface area contributed by atoms with Gasteiger partial charge in [0.25, 0.3) is 0 Å². The normalized spacial score (nSPS) is 32.5. The summed E-state index contributed by atoms with van der Waals surface area (Å²) < 4.78 is 5.48. The lowest BCUT2D eigenvalue weighted by Gasteiger charge is -2.32. The Kier molecular flexibility index (Phi) is 8.57. The predicted molar refractivity (Wildman–Crippen MR) is 110 cm³/mol. The number of ether oxygens (including phenoxy) is 1. The van der Waals surface area contributed by atoms with Gasteiger partial charge in [-0.2, -0.15) is 0 Å². The van der Waals surface area contributed by atoms with Gasteiger partial charge in [-0.25, -0.2) is 0 Å². The number of aliphatic imine (C=N–C) groups is 1. The van der Waals surface area contributed by atoms with Gasteiger partial charge in [0.2, 0.25) is 0 Å². The van der Waals surface area contributed by atoms with Gasteiger partial charge in [0.15, 0.2) is 5.96 Å². The molecule has 5 nitrogen and oxygen atoms in total. The standard InChI is InChI=1S/C18H34N4O.HI/c1-15-4-3-5-16(12-15)13-20-18(19-2)22-7-6-17(14-22)21-8-10-23-11-9-21;/h15-17H,3-14H2,1-2H3,(H,19,20);1H. The molecule has 0 aromatic heterocycles. The van der Waals surface area contributed by atoms with E-state index in [4.69, 9.17) is 4.74 Å². The summed E-state index contributed by atoms with van der Waals surface area (Å²) in [5.41, 5.74) is 0. The van der Waals surface area contributed by atoms with E-state index in [1.807, 2.05) is 7.05 Å². The lowest BCUT2D eigenvalue weighted by atomic mass is 9.82. The van der Waals surface area contributed by atoms with E-state index in [1.165, 1.54) is 32.1 Å². The second kappa shape index (κ2) is 10.2. The van der Waals surface area contributed by atoms with Gasteiger partial charge < -0.3 is 15.0 Å². The zero-order chi connectivity index (χ0) is 16.1. The first-order chi connectivity index (χ1) is 11.3. The number of nitrogens with one attached hydrogen (secondary N) is 1. The molecule has 1 aliphatic carbocycles. The van der Waals surface area contributed by atoms with E-state index in [1.54, 1.807) is 0 Å². The molecule has 2 aliphatic heterocycles. The minimum atomic E-state index is 0. The number of hydrogen-bond acceptors (Lipinski definition) is 3. The summed E-state index contributed by atoms with van der Waals surface area (Å²) in [6.45, 7) is 9.69. The van der Waals surface area contributed by atoms with E-state index in [0.29, 0.717) is 6.04 Å². The molecule has 6 heteroatoms. The fourth-order valence-corrected chi connectivity index (χ4v) is 4.49. The Morgan fingerprint density at radius 1 is 1.17 bits per heavy atom. The Labute approximate surface area is 164 Å². The molecule has 0 radical (unpaired) electrons. The maximum Gasteiger partial charge on any atom is 0.193 e. The smallest absolute Gasteiger partial charge is 0.193 e. The van der Waals surface area contributed by atoms with Gasteiger partial charge >= 0.3 is 0 Å². The Hall–Kier alpha value is -0.0800. The Morgan fingerprint density at radius 2 is 1.96 bits per heavy atom. The van der Waals surface area contributed by atoms with E-state index < -0.39 is 0 Å². The molecule has 3 fully saturated rings. The SMILES string of the molecule is CN=C(NCC1CCCC(C)C1)N1CCC(N2CCOCC2)C1.I. The number of likely N-dealkylation sites (tertiary alicyclic amines) is 1. The fourth-order valence-electron chi connectivity index (χ4n) is 4.49. The van der Waals surface area contributed by atoms with Crippen LogP contribution in [0, 0.1) is 11.8 Å². The van der Waals surface area contributed by atoms with Crippen molar-refractivity contribution in [2.45, 2.75) is 45.1 Å². The van der Waals surface area contributed by atoms with E-state index in [2.05, 4.69) is 27.0 Å². The van der Waals surface area contributed by atoms with Crippen molar-refractivity contribution in [3.8, 4) is 0 Å². The highest BCUT2D eigenvalue weighted by molar-refractivity contribution is 14.0. The molecule has 2 heterocycles. The Balaban J connectivity index is 0.00000208. The number of halogens is 1. The van der Waals surface area contributed by atoms with Crippen molar-refractivity contribution in [2.75, 3.05) is 53.0 Å². The molecule has 3 unspecified atom stereocenters. The summed E-state index contributed by atoms with van der Waals surface area (Å²) in [5, 5.41) is 3.66. The number of morpholine rings is 1. The van der Waals surface area contributed by atoms with E-state index in [9.17, 15) is 0 Å². The summed E-state index contributed by atoms with van der Waals surface area (Å²) in [6.07, 6.45) is 6.82. The molecule has 0 bridgehead atoms. The van der Waals surface area contributed by atoms with Gasteiger partial charge in [0.05, 0.1) is 13.2 Å². The monoisotopic (exact) mass is 450 g/mol. The van der Waals surface area contributed by atoms with E-state index in [0.717, 1.165) is 63.7 Å². The van der Waals surface area contributed by atoms with Crippen LogP contribution >= 0.6 is 24.0 Å². The van der Waals surface area contributed by atoms with Crippen molar-refractivity contribution >= 4 is 29.9 Å². The quantitative estimate of drug-likeness (QED) is 0.408. The lowest BCUT2D eigenvalue weighted by Crippen LogP contribution is -2.47. The maximum absolute atomic E-state index is 5.48. The van der Waals surface area contributed by atoms with Gasteiger partial charge in [-0.05, 0) is 31.1 Å². The molecule has 0 aromatic rings. The second-order valence-corrected chi connectivity index (χ2v) is 7.60. The van der Waals surface area contributed by atoms with Gasteiger partial charge in [0.1, 0.15) is 0 Å². The van der Waals surface area contributed by atoms with Crippen molar-refractivity contribution in [1.29, 1.82) is 0 Å². The zero-order valence-corrected chi connectivity index (χ0v) is 17.7. The van der Waals surface area contributed by atoms with E-state index >= 15 is 0 Å². The summed E-state index contributed by atoms with van der Waals surface area (Å²) in [4.78, 5) is 9.59. The molecule has 0 amide bonds. The summed E-state index contributed by atoms with van der Waals surface area (Å²) in [7, 11) is 1.92. The van der Waals surface area contributed by atoms with Crippen LogP contribution < -0.4 is 5.32 Å². The number of hydrogen-bond donors (Lipinski definition) is 1. The van der Waals surface area contributed by atoms with Crippen LogP contribution in [0.4, 0.5) is 0 Å². The summed E-state index contributed by atoms with van der Waals surface area (Å²) in [5.74, 6) is 2.84. The third-order valence-corrected chi connectivity index (χ3v) is 5.83. The van der Waals surface area contributed by atoms with E-state index in [-0.39, 0.29) is 24.0 Å². The number of rotatable bonds is 3. The molecule has 0 spiro atoms. The van der Waals surface area contributed by atoms with Gasteiger partial charge in [-0.1, -0.05) is 19.8 Å². The Bertz CT molecular complexity index is 400. The Morgan fingerprint density at radius 3 is 2.67 bits per heavy atom. The van der Waals surface area contributed by atoms with Crippen molar-refractivity contribution in [2.24, 2.45) is 16.8 Å². The maximum atomic E-state index is 5.48. The first kappa shape index (κ1) is 20.2. The average molecular weight is 450 g/mol. The molecular weight excluding hydrogens is 415 g/mol. The number of nitrogens with zero attached hydrogens (tertiary/aromatic N) is 3. The van der Waals surface area contributed by atoms with Gasteiger partial charge in [-0.15, -0.1) is 24.0 Å². The fraction of sp³-hybridized carbons (Fsp3) is 0.944. The first-order valence-corrected chi connectivity index (χ1v) is 9.53. The lowest BCUT2D eigenvalue weighted by molar-refractivity contribution is 0.0195. The van der Waals surface area contributed by atoms with Crippen molar-refractivity contribution < 1.29 is 4.74 Å². The topological polar surface area (TPSA) is 40.1 Å². The van der Waals surface area contributed by atoms with Crippen LogP contribution in [0.3, 0.4) is 0 Å². The number of guanidine groups is 1. The molecule has 140 valence electrons. The predicted octanol–water partition coefficient (Wildman–Crippen LogP) is 2.41. The second-order valence-electron chi connectivity index (χ2n) is 7.60. The molecule has 24 heavy (non-hydrogen) atoms. The van der Waals surface area contributed by atoms with Crippen LogP contribution in [0.1, 0.15) is 39.0 Å². The zero-order valence-electron chi connectivity index (χ0n) is 15.4. The molecule has 2 saturated heterocycles. The first-order valence-electron chi connectivity index (χ1n) is 9.53. The van der Waals surface area contributed by atoms with Gasteiger partial charge in [-0.3, -0.25) is 9.89 Å². The summed E-state index contributed by atoms with van der Waals surface area (Å²) >= 11 is 0. The summed E-state index contributed by atoms with van der Waals surface area (Å²) in [6, 6.07) is 0.673. The van der Waals surface area contributed by atoms with Crippen molar-refractivity contribution in [3.05, 3.63) is 0 Å². The molecule has 3 atom stereocenters. The minimum Gasteiger partial charge on any atom is -0.379 e. The van der Waals surface area contributed by atoms with Crippen LogP contribution in [0.15, 0.2) is 4.99 Å². The molecule has 0 aromatic carbocycles. The third kappa shape index (κ3) is 5.46. The molecule has 3 aliphatic rings. The molecule has 1 N–H and O–H groups in total. The van der Waals surface area contributed by atoms with Crippen molar-refractivity contribution in [1.82, 2.24) is 15.1 Å². The van der Waals surface area contributed by atoms with Crippen LogP contribution in [0.2, 0.25) is 0 Å². The third-order valence-electron chi connectivity index (χ3n) is 5.83. The van der Waals surface area contributed by atoms with Crippen LogP contribution in [0.5, 0.6) is 0 Å². The minimum absolute atomic E-state index is 0. The molecule has 1 saturated carbocycles. The van der Waals surface area contributed by atoms with Crippen LogP contribution in [0.25, 0.3) is 0 Å². The highest BCUT2D eigenvalue weighted by atomic mass is 127. The molecule has 3 rings (SSSR count). The molecular formula is C18H35IN4O. The largest absolute Gasteiger partial charge is 0.379 e. The van der Waals surface area contributed by atoms with Crippen LogP contribution in [-0.2, 0) is 4.74 Å². The highest BCUT2D eigenvalue weighted by Gasteiger charge is 2.30. The van der Waals surface area contributed by atoms with Crippen LogP contribution in [-0.4, -0.2) is 74.8 Å². The highest BCUT2D eigenvalue weighted by Crippen LogP contribution is 2.28. The van der Waals surface area contributed by atoms with Gasteiger partial charge in [0, 0.05) is 45.8 Å². The average Bonchev–Trinajstić information content (AvgIpc) is 3.06.